The van der Waals surface area contributed by atoms with Gasteiger partial charge in [0.2, 0.25) is 0 Å². The second-order valence-electron chi connectivity index (χ2n) is 5.63. The van der Waals surface area contributed by atoms with Crippen molar-refractivity contribution in [1.29, 1.82) is 0 Å². The maximum atomic E-state index is 9.79. The predicted molar refractivity (Wildman–Crippen MR) is 77.6 cm³/mol. The first-order valence-electron chi connectivity index (χ1n) is 7.18. The number of nitrogens with one attached hydrogen (secondary N) is 1. The molecule has 1 aliphatic rings. The van der Waals surface area contributed by atoms with Gasteiger partial charge in [0.15, 0.2) is 0 Å². The first-order valence-corrected chi connectivity index (χ1v) is 7.18. The van der Waals surface area contributed by atoms with Crippen molar-refractivity contribution in [2.24, 2.45) is 5.92 Å². The molecule has 0 aliphatic heterocycles. The molecule has 1 unspecified atom stereocenters. The Morgan fingerprint density at radius 1 is 1.32 bits per heavy atom. The number of likely N-dealkylation sites (N-methyl/N-ethyl adjacent to an activating group) is 1. The number of aliphatic hydroxyl groups excluding tert-OH is 1. The van der Waals surface area contributed by atoms with Gasteiger partial charge in [-0.05, 0) is 50.3 Å². The van der Waals surface area contributed by atoms with Gasteiger partial charge in [-0.15, -0.1) is 0 Å². The summed E-state index contributed by atoms with van der Waals surface area (Å²) < 4.78 is 6.06. The normalized spacial score (nSPS) is 18.1. The van der Waals surface area contributed by atoms with Gasteiger partial charge in [0.1, 0.15) is 12.4 Å². The summed E-state index contributed by atoms with van der Waals surface area (Å²) in [7, 11) is 0. The second kappa shape index (κ2) is 5.93. The third kappa shape index (κ3) is 3.10. The van der Waals surface area contributed by atoms with Gasteiger partial charge in [0, 0.05) is 0 Å². The van der Waals surface area contributed by atoms with Crippen molar-refractivity contribution in [3.63, 3.8) is 0 Å². The van der Waals surface area contributed by atoms with Crippen LogP contribution in [0.4, 0.5) is 0 Å². The van der Waals surface area contributed by atoms with Crippen molar-refractivity contribution in [1.82, 2.24) is 5.32 Å². The van der Waals surface area contributed by atoms with Gasteiger partial charge in [-0.25, -0.2) is 0 Å². The van der Waals surface area contributed by atoms with Crippen molar-refractivity contribution < 1.29 is 9.84 Å². The fraction of sp³-hybridized carbons (Fsp3) is 0.625. The molecule has 19 heavy (non-hydrogen) atoms. The molecule has 1 atom stereocenters. The minimum absolute atomic E-state index is 0.135. The summed E-state index contributed by atoms with van der Waals surface area (Å²) in [5.41, 5.74) is 2.03. The minimum atomic E-state index is -0.274. The van der Waals surface area contributed by atoms with E-state index in [4.69, 9.17) is 4.74 Å². The van der Waals surface area contributed by atoms with Crippen molar-refractivity contribution in [3.05, 3.63) is 29.3 Å². The molecule has 1 aromatic carbocycles. The topological polar surface area (TPSA) is 41.5 Å². The molecular formula is C16H25NO2. The van der Waals surface area contributed by atoms with Gasteiger partial charge in [-0.1, -0.05) is 25.1 Å². The Hall–Kier alpha value is -1.06. The molecule has 0 aromatic heterocycles. The zero-order valence-electron chi connectivity index (χ0n) is 12.2. The monoisotopic (exact) mass is 263 g/mol. The van der Waals surface area contributed by atoms with Gasteiger partial charge in [-0.3, -0.25) is 0 Å². The Balaban J connectivity index is 2.10. The summed E-state index contributed by atoms with van der Waals surface area (Å²) >= 11 is 0. The van der Waals surface area contributed by atoms with Crippen molar-refractivity contribution in [2.45, 2.75) is 39.2 Å². The molecule has 3 heteroatoms. The summed E-state index contributed by atoms with van der Waals surface area (Å²) in [6.07, 6.45) is 2.37. The average molecular weight is 263 g/mol. The Morgan fingerprint density at radius 2 is 1.95 bits per heavy atom. The maximum absolute atomic E-state index is 9.79. The van der Waals surface area contributed by atoms with Gasteiger partial charge < -0.3 is 15.2 Å². The molecule has 0 amide bonds. The molecule has 106 valence electrons. The standard InChI is InChI=1S/C16H25NO2/c1-4-17-16(10-18,14-8-9-14)11-19-15-12(2)6-5-7-13(15)3/h5-7,14,17-18H,4,8-11H2,1-3H3. The van der Waals surface area contributed by atoms with Crippen molar-refractivity contribution >= 4 is 0 Å². The van der Waals surface area contributed by atoms with Gasteiger partial charge in [0.05, 0.1) is 12.1 Å². The van der Waals surface area contributed by atoms with Crippen LogP contribution in [0.1, 0.15) is 30.9 Å². The molecule has 1 saturated carbocycles. The second-order valence-corrected chi connectivity index (χ2v) is 5.63. The Bertz CT molecular complexity index is 409. The summed E-state index contributed by atoms with van der Waals surface area (Å²) in [4.78, 5) is 0. The van der Waals surface area contributed by atoms with E-state index < -0.39 is 0 Å². The molecule has 1 aromatic rings. The minimum Gasteiger partial charge on any atom is -0.491 e. The lowest BCUT2D eigenvalue weighted by molar-refractivity contribution is 0.0858. The number of rotatable bonds is 7. The van der Waals surface area contributed by atoms with E-state index in [0.29, 0.717) is 12.5 Å². The molecule has 2 N–H and O–H groups in total. The number of aryl methyl sites for hydroxylation is 2. The van der Waals surface area contributed by atoms with Crippen LogP contribution in [0.3, 0.4) is 0 Å². The first-order chi connectivity index (χ1) is 9.13. The largest absolute Gasteiger partial charge is 0.491 e. The molecule has 0 radical (unpaired) electrons. The number of benzene rings is 1. The highest BCUT2D eigenvalue weighted by molar-refractivity contribution is 5.39. The summed E-state index contributed by atoms with van der Waals surface area (Å²) in [5.74, 6) is 1.50. The van der Waals surface area contributed by atoms with Crippen LogP contribution in [0, 0.1) is 19.8 Å². The maximum Gasteiger partial charge on any atom is 0.125 e. The molecule has 0 spiro atoms. The lowest BCUT2D eigenvalue weighted by Crippen LogP contribution is -2.55. The van der Waals surface area contributed by atoms with Crippen molar-refractivity contribution in [3.8, 4) is 5.75 Å². The van der Waals surface area contributed by atoms with E-state index in [2.05, 4.69) is 38.2 Å². The van der Waals surface area contributed by atoms with Gasteiger partial charge in [0.25, 0.3) is 0 Å². The summed E-state index contributed by atoms with van der Waals surface area (Å²) in [5, 5.41) is 13.2. The third-order valence-electron chi connectivity index (χ3n) is 4.05. The fourth-order valence-electron chi connectivity index (χ4n) is 2.76. The highest BCUT2D eigenvalue weighted by Gasteiger charge is 2.45. The average Bonchev–Trinajstić information content (AvgIpc) is 3.21. The van der Waals surface area contributed by atoms with Crippen LogP contribution in [0.15, 0.2) is 18.2 Å². The molecule has 3 nitrogen and oxygen atoms in total. The van der Waals surface area contributed by atoms with Crippen LogP contribution in [0.25, 0.3) is 0 Å². The molecular weight excluding hydrogens is 238 g/mol. The quantitative estimate of drug-likeness (QED) is 0.794. The molecule has 0 saturated heterocycles. The highest BCUT2D eigenvalue weighted by atomic mass is 16.5. The molecule has 1 aliphatic carbocycles. The molecule has 1 fully saturated rings. The van der Waals surface area contributed by atoms with Gasteiger partial charge in [-0.2, -0.15) is 0 Å². The summed E-state index contributed by atoms with van der Waals surface area (Å²) in [6.45, 7) is 7.73. The van der Waals surface area contributed by atoms with E-state index in [1.807, 2.05) is 6.07 Å². The Labute approximate surface area is 116 Å². The fourth-order valence-corrected chi connectivity index (χ4v) is 2.76. The first kappa shape index (κ1) is 14.4. The third-order valence-corrected chi connectivity index (χ3v) is 4.05. The SMILES string of the molecule is CCNC(CO)(COc1c(C)cccc1C)C1CC1. The highest BCUT2D eigenvalue weighted by Crippen LogP contribution is 2.40. The van der Waals surface area contributed by atoms with Crippen LogP contribution in [-0.2, 0) is 0 Å². The zero-order valence-corrected chi connectivity index (χ0v) is 12.2. The number of para-hydroxylation sites is 1. The lowest BCUT2D eigenvalue weighted by Gasteiger charge is -2.33. The van der Waals surface area contributed by atoms with E-state index in [1.54, 1.807) is 0 Å². The Morgan fingerprint density at radius 3 is 2.42 bits per heavy atom. The van der Waals surface area contributed by atoms with Crippen LogP contribution < -0.4 is 10.1 Å². The van der Waals surface area contributed by atoms with E-state index in [0.717, 1.165) is 23.4 Å². The van der Waals surface area contributed by atoms with Crippen LogP contribution in [0.5, 0.6) is 5.75 Å². The van der Waals surface area contributed by atoms with Crippen LogP contribution in [0.2, 0.25) is 0 Å². The summed E-state index contributed by atoms with van der Waals surface area (Å²) in [6, 6.07) is 6.17. The van der Waals surface area contributed by atoms with E-state index >= 15 is 0 Å². The number of hydrogen-bond donors (Lipinski definition) is 2. The zero-order chi connectivity index (χ0) is 13.9. The van der Waals surface area contributed by atoms with Crippen molar-refractivity contribution in [2.75, 3.05) is 19.8 Å². The molecule has 0 heterocycles. The molecule has 2 rings (SSSR count). The van der Waals surface area contributed by atoms with Gasteiger partial charge >= 0.3 is 0 Å². The predicted octanol–water partition coefficient (Wildman–Crippen LogP) is 2.43. The number of aliphatic hydroxyl groups is 1. The lowest BCUT2D eigenvalue weighted by atomic mass is 9.95. The van der Waals surface area contributed by atoms with Crippen LogP contribution in [-0.4, -0.2) is 30.4 Å². The van der Waals surface area contributed by atoms with E-state index in [9.17, 15) is 5.11 Å². The van der Waals surface area contributed by atoms with E-state index in [1.165, 1.54) is 12.8 Å². The van der Waals surface area contributed by atoms with Crippen LogP contribution >= 0.6 is 0 Å². The number of ether oxygens (including phenoxy) is 1. The smallest absolute Gasteiger partial charge is 0.125 e. The molecule has 0 bridgehead atoms. The Kier molecular flexibility index (Phi) is 4.48. The van der Waals surface area contributed by atoms with E-state index in [-0.39, 0.29) is 12.1 Å². The number of hydrogen-bond acceptors (Lipinski definition) is 3.